The third kappa shape index (κ3) is 2.79. The van der Waals surface area contributed by atoms with Crippen LogP contribution in [0.15, 0.2) is 72.6 Å². The minimum absolute atomic E-state index is 0.357. The number of ether oxygens (including phenoxy) is 1. The Morgan fingerprint density at radius 1 is 1.10 bits per heavy atom. The first-order chi connectivity index (χ1) is 15.2. The number of pyridine rings is 1. The molecule has 4 aromatic rings. The number of rotatable bonds is 2. The molecule has 0 saturated heterocycles. The van der Waals surface area contributed by atoms with Gasteiger partial charge in [0.15, 0.2) is 6.10 Å². The molecule has 2 aliphatic heterocycles. The molecule has 2 aromatic carbocycles. The highest BCUT2D eigenvalue weighted by atomic mass is 35.5. The smallest absolute Gasteiger partial charge is 0.248 e. The average molecular weight is 433 g/mol. The molecule has 2 aromatic heterocycles. The van der Waals surface area contributed by atoms with Crippen molar-refractivity contribution in [1.29, 1.82) is 0 Å². The van der Waals surface area contributed by atoms with E-state index < -0.39 is 12.1 Å². The van der Waals surface area contributed by atoms with Crippen LogP contribution in [0.2, 0.25) is 5.02 Å². The first-order valence-corrected chi connectivity index (χ1v) is 9.98. The van der Waals surface area contributed by atoms with Gasteiger partial charge in [0.2, 0.25) is 5.95 Å². The molecule has 0 aliphatic carbocycles. The molecule has 0 bridgehead atoms. The second-order valence-corrected chi connectivity index (χ2v) is 7.69. The molecule has 0 spiro atoms. The summed E-state index contributed by atoms with van der Waals surface area (Å²) in [6, 6.07) is 15.3. The standard InChI is InChI=1S/C22H14ClFN6O/c23-13-7-8-17-15(10-13)19-18(21(31-17)14-5-1-2-6-16(14)24)20(12-4-3-9-25-11-12)30-22(26-19)27-28-29-30/h1-11,20-21H,(H,26,27,29)/t20-,21-/m0/s1. The number of anilines is 1. The predicted octanol–water partition coefficient (Wildman–Crippen LogP) is 4.42. The molecule has 9 heteroatoms. The summed E-state index contributed by atoms with van der Waals surface area (Å²) in [5.41, 5.74) is 3.54. The van der Waals surface area contributed by atoms with Crippen LogP contribution in [0.25, 0.3) is 5.70 Å². The Kier molecular flexibility index (Phi) is 4.00. The lowest BCUT2D eigenvalue weighted by Gasteiger charge is -2.38. The third-order valence-electron chi connectivity index (χ3n) is 5.48. The molecule has 0 fully saturated rings. The fourth-order valence-corrected chi connectivity index (χ4v) is 4.34. The largest absolute Gasteiger partial charge is 0.480 e. The molecular formula is C22H14ClFN6O. The Labute approximate surface area is 181 Å². The van der Waals surface area contributed by atoms with Crippen LogP contribution in [-0.2, 0) is 0 Å². The van der Waals surface area contributed by atoms with Crippen molar-refractivity contribution in [3.63, 3.8) is 0 Å². The number of halogens is 2. The van der Waals surface area contributed by atoms with E-state index in [1.165, 1.54) is 6.07 Å². The Bertz CT molecular complexity index is 1340. The minimum atomic E-state index is -0.708. The minimum Gasteiger partial charge on any atom is -0.480 e. The Balaban J connectivity index is 1.66. The van der Waals surface area contributed by atoms with Gasteiger partial charge in [0.1, 0.15) is 17.6 Å². The maximum Gasteiger partial charge on any atom is 0.248 e. The second kappa shape index (κ2) is 6.88. The zero-order valence-corrected chi connectivity index (χ0v) is 16.7. The molecule has 2 aliphatic rings. The third-order valence-corrected chi connectivity index (χ3v) is 5.72. The number of hydrogen-bond donors (Lipinski definition) is 1. The van der Waals surface area contributed by atoms with Crippen LogP contribution < -0.4 is 10.1 Å². The Morgan fingerprint density at radius 2 is 2.00 bits per heavy atom. The number of nitrogens with one attached hydrogen (secondary N) is 1. The lowest BCUT2D eigenvalue weighted by atomic mass is 9.85. The van der Waals surface area contributed by atoms with Gasteiger partial charge in [0.25, 0.3) is 0 Å². The summed E-state index contributed by atoms with van der Waals surface area (Å²) in [6.07, 6.45) is 2.74. The molecule has 0 amide bonds. The van der Waals surface area contributed by atoms with Crippen LogP contribution in [0.1, 0.15) is 28.8 Å². The highest BCUT2D eigenvalue weighted by Gasteiger charge is 2.42. The molecule has 6 rings (SSSR count). The SMILES string of the molecule is Fc1ccccc1[C@@H]1Oc2ccc(Cl)cc2C2=C1[C@H](c1cccnc1)n1nnnc1N2. The predicted molar refractivity (Wildman–Crippen MR) is 112 cm³/mol. The first-order valence-electron chi connectivity index (χ1n) is 9.60. The van der Waals surface area contributed by atoms with Gasteiger partial charge < -0.3 is 10.1 Å². The van der Waals surface area contributed by atoms with Gasteiger partial charge in [-0.05, 0) is 46.3 Å². The molecule has 7 nitrogen and oxygen atoms in total. The Hall–Kier alpha value is -3.78. The monoisotopic (exact) mass is 432 g/mol. The van der Waals surface area contributed by atoms with Crippen molar-refractivity contribution < 1.29 is 9.13 Å². The van der Waals surface area contributed by atoms with E-state index in [0.717, 1.165) is 22.4 Å². The van der Waals surface area contributed by atoms with Gasteiger partial charge in [-0.2, -0.15) is 4.68 Å². The van der Waals surface area contributed by atoms with Gasteiger partial charge >= 0.3 is 0 Å². The molecule has 0 unspecified atom stereocenters. The van der Waals surface area contributed by atoms with Crippen LogP contribution in [-0.4, -0.2) is 25.2 Å². The highest BCUT2D eigenvalue weighted by molar-refractivity contribution is 6.30. The van der Waals surface area contributed by atoms with Crippen LogP contribution in [0.4, 0.5) is 10.3 Å². The molecule has 2 atom stereocenters. The number of hydrogen-bond acceptors (Lipinski definition) is 6. The summed E-state index contributed by atoms with van der Waals surface area (Å²) in [5.74, 6) is 0.701. The number of aromatic nitrogens is 5. The van der Waals surface area contributed by atoms with Crippen molar-refractivity contribution in [2.45, 2.75) is 12.1 Å². The van der Waals surface area contributed by atoms with Crippen molar-refractivity contribution in [1.82, 2.24) is 25.2 Å². The van der Waals surface area contributed by atoms with Gasteiger partial charge in [0, 0.05) is 34.1 Å². The van der Waals surface area contributed by atoms with E-state index in [4.69, 9.17) is 16.3 Å². The van der Waals surface area contributed by atoms with Crippen molar-refractivity contribution in [2.75, 3.05) is 5.32 Å². The maximum absolute atomic E-state index is 14.9. The maximum atomic E-state index is 14.9. The topological polar surface area (TPSA) is 77.8 Å². The van der Waals surface area contributed by atoms with E-state index in [0.29, 0.717) is 22.3 Å². The summed E-state index contributed by atoms with van der Waals surface area (Å²) < 4.78 is 23.0. The summed E-state index contributed by atoms with van der Waals surface area (Å²) in [5, 5.41) is 16.0. The van der Waals surface area contributed by atoms with E-state index >= 15 is 0 Å². The molecule has 1 N–H and O–H groups in total. The summed E-state index contributed by atoms with van der Waals surface area (Å²) >= 11 is 6.30. The van der Waals surface area contributed by atoms with Crippen LogP contribution >= 0.6 is 11.6 Å². The Morgan fingerprint density at radius 3 is 2.84 bits per heavy atom. The lowest BCUT2D eigenvalue weighted by molar-refractivity contribution is 0.217. The van der Waals surface area contributed by atoms with Crippen molar-refractivity contribution >= 4 is 23.2 Å². The van der Waals surface area contributed by atoms with Crippen LogP contribution in [0.5, 0.6) is 5.75 Å². The van der Waals surface area contributed by atoms with Crippen LogP contribution in [0.3, 0.4) is 0 Å². The van der Waals surface area contributed by atoms with E-state index in [9.17, 15) is 4.39 Å². The molecule has 31 heavy (non-hydrogen) atoms. The fraction of sp³-hybridized carbons (Fsp3) is 0.0909. The second-order valence-electron chi connectivity index (χ2n) is 7.25. The van der Waals surface area contributed by atoms with Gasteiger partial charge in [-0.15, -0.1) is 0 Å². The van der Waals surface area contributed by atoms with E-state index in [1.54, 1.807) is 47.4 Å². The van der Waals surface area contributed by atoms with E-state index in [1.807, 2.05) is 18.2 Å². The molecule has 0 radical (unpaired) electrons. The van der Waals surface area contributed by atoms with E-state index in [2.05, 4.69) is 25.8 Å². The molecule has 0 saturated carbocycles. The zero-order valence-electron chi connectivity index (χ0n) is 15.9. The summed E-state index contributed by atoms with van der Waals surface area (Å²) in [4.78, 5) is 4.27. The summed E-state index contributed by atoms with van der Waals surface area (Å²) in [7, 11) is 0. The highest BCUT2D eigenvalue weighted by Crippen LogP contribution is 2.51. The quantitative estimate of drug-likeness (QED) is 0.505. The molecule has 152 valence electrons. The van der Waals surface area contributed by atoms with Gasteiger partial charge in [0.05, 0.1) is 5.70 Å². The molecular weight excluding hydrogens is 419 g/mol. The number of nitrogens with zero attached hydrogens (tertiary/aromatic N) is 5. The van der Waals surface area contributed by atoms with Crippen molar-refractivity contribution in [3.8, 4) is 5.75 Å². The van der Waals surface area contributed by atoms with Gasteiger partial charge in [-0.1, -0.05) is 41.0 Å². The lowest BCUT2D eigenvalue weighted by Crippen LogP contribution is -2.32. The van der Waals surface area contributed by atoms with Gasteiger partial charge in [-0.25, -0.2) is 4.39 Å². The number of benzene rings is 2. The normalized spacial score (nSPS) is 19.0. The zero-order chi connectivity index (χ0) is 20.9. The van der Waals surface area contributed by atoms with Crippen molar-refractivity contribution in [2.24, 2.45) is 0 Å². The van der Waals surface area contributed by atoms with Crippen molar-refractivity contribution in [3.05, 3.63) is 100 Å². The van der Waals surface area contributed by atoms with Gasteiger partial charge in [-0.3, -0.25) is 4.98 Å². The average Bonchev–Trinajstić information content (AvgIpc) is 3.27. The van der Waals surface area contributed by atoms with Crippen LogP contribution in [0, 0.1) is 5.82 Å². The van der Waals surface area contributed by atoms with E-state index in [-0.39, 0.29) is 5.82 Å². The molecule has 4 heterocycles. The summed E-state index contributed by atoms with van der Waals surface area (Å²) in [6.45, 7) is 0. The first kappa shape index (κ1) is 18.0. The number of fused-ring (bicyclic) bond motifs is 3. The number of tetrazole rings is 1. The fourth-order valence-electron chi connectivity index (χ4n) is 4.17.